The van der Waals surface area contributed by atoms with Crippen molar-refractivity contribution in [2.24, 2.45) is 0 Å². The number of furan rings is 1. The minimum Gasteiger partial charge on any atom is -0.451 e. The SMILES string of the molecule is CC(C)OCc1c(C(=O)Nc2ccc(-c3nnc4n3CCCC4)cc2)oc2ccccc12. The monoisotopic (exact) mass is 430 g/mol. The number of hydrogen-bond acceptors (Lipinski definition) is 5. The smallest absolute Gasteiger partial charge is 0.291 e. The lowest BCUT2D eigenvalue weighted by Gasteiger charge is -2.14. The Kier molecular flexibility index (Phi) is 5.49. The second kappa shape index (κ2) is 8.59. The molecule has 3 heterocycles. The molecule has 2 aromatic heterocycles. The Balaban J connectivity index is 1.38. The van der Waals surface area contributed by atoms with Crippen molar-refractivity contribution >= 4 is 22.6 Å². The van der Waals surface area contributed by atoms with E-state index in [2.05, 4.69) is 20.1 Å². The molecule has 0 saturated carbocycles. The summed E-state index contributed by atoms with van der Waals surface area (Å²) in [6, 6.07) is 15.3. The first-order chi connectivity index (χ1) is 15.6. The molecule has 2 aromatic carbocycles. The fraction of sp³-hybridized carbons (Fsp3) is 0.320. The van der Waals surface area contributed by atoms with Gasteiger partial charge in [0.2, 0.25) is 0 Å². The lowest BCUT2D eigenvalue weighted by Crippen LogP contribution is -2.14. The molecule has 0 radical (unpaired) electrons. The average molecular weight is 431 g/mol. The molecule has 164 valence electrons. The van der Waals surface area contributed by atoms with Gasteiger partial charge in [-0.2, -0.15) is 0 Å². The van der Waals surface area contributed by atoms with Gasteiger partial charge in [-0.1, -0.05) is 18.2 Å². The third-order valence-electron chi connectivity index (χ3n) is 5.73. The summed E-state index contributed by atoms with van der Waals surface area (Å²) in [5, 5.41) is 12.5. The van der Waals surface area contributed by atoms with E-state index < -0.39 is 0 Å². The summed E-state index contributed by atoms with van der Waals surface area (Å²) in [6.07, 6.45) is 3.33. The summed E-state index contributed by atoms with van der Waals surface area (Å²) < 4.78 is 13.9. The number of nitrogens with one attached hydrogen (secondary N) is 1. The lowest BCUT2D eigenvalue weighted by atomic mass is 10.1. The molecule has 32 heavy (non-hydrogen) atoms. The van der Waals surface area contributed by atoms with E-state index in [0.29, 0.717) is 17.9 Å². The highest BCUT2D eigenvalue weighted by molar-refractivity contribution is 6.06. The molecule has 1 N–H and O–H groups in total. The summed E-state index contributed by atoms with van der Waals surface area (Å²) >= 11 is 0. The van der Waals surface area contributed by atoms with Gasteiger partial charge in [-0.25, -0.2) is 0 Å². The summed E-state index contributed by atoms with van der Waals surface area (Å²) in [4.78, 5) is 13.1. The summed E-state index contributed by atoms with van der Waals surface area (Å²) in [5.74, 6) is 1.91. The highest BCUT2D eigenvalue weighted by Crippen LogP contribution is 2.28. The third-order valence-corrected chi connectivity index (χ3v) is 5.73. The molecule has 0 spiro atoms. The lowest BCUT2D eigenvalue weighted by molar-refractivity contribution is 0.0648. The topological polar surface area (TPSA) is 82.2 Å². The van der Waals surface area contributed by atoms with Gasteiger partial charge in [0, 0.05) is 35.2 Å². The molecule has 1 aliphatic heterocycles. The van der Waals surface area contributed by atoms with Crippen molar-refractivity contribution in [3.63, 3.8) is 0 Å². The van der Waals surface area contributed by atoms with Gasteiger partial charge in [0.05, 0.1) is 12.7 Å². The second-order valence-electron chi connectivity index (χ2n) is 8.35. The van der Waals surface area contributed by atoms with Crippen LogP contribution in [-0.2, 0) is 24.3 Å². The van der Waals surface area contributed by atoms with Gasteiger partial charge in [-0.3, -0.25) is 4.79 Å². The Morgan fingerprint density at radius 2 is 1.94 bits per heavy atom. The normalized spacial score (nSPS) is 13.5. The number of hydrogen-bond donors (Lipinski definition) is 1. The fourth-order valence-corrected chi connectivity index (χ4v) is 4.09. The predicted octanol–water partition coefficient (Wildman–Crippen LogP) is 5.20. The summed E-state index contributed by atoms with van der Waals surface area (Å²) in [7, 11) is 0. The molecule has 1 aliphatic rings. The summed E-state index contributed by atoms with van der Waals surface area (Å²) in [5.41, 5.74) is 3.11. The standard InChI is InChI=1S/C25H26N4O3/c1-16(2)31-15-20-19-7-3-4-8-21(19)32-23(20)25(30)26-18-12-10-17(11-13-18)24-28-27-22-9-5-6-14-29(22)24/h3-4,7-8,10-13,16H,5-6,9,14-15H2,1-2H3,(H,26,30). The van der Waals surface area contributed by atoms with E-state index in [1.165, 1.54) is 0 Å². The summed E-state index contributed by atoms with van der Waals surface area (Å²) in [6.45, 7) is 5.20. The molecule has 0 saturated heterocycles. The van der Waals surface area contributed by atoms with Crippen molar-refractivity contribution in [1.29, 1.82) is 0 Å². The van der Waals surface area contributed by atoms with Gasteiger partial charge < -0.3 is 19.0 Å². The third kappa shape index (κ3) is 3.91. The molecule has 0 atom stereocenters. The Bertz CT molecular complexity index is 1250. The zero-order valence-corrected chi connectivity index (χ0v) is 18.3. The molecule has 0 unspecified atom stereocenters. The van der Waals surface area contributed by atoms with Crippen LogP contribution in [0.4, 0.5) is 5.69 Å². The van der Waals surface area contributed by atoms with E-state index >= 15 is 0 Å². The van der Waals surface area contributed by atoms with Gasteiger partial charge in [0.1, 0.15) is 11.4 Å². The van der Waals surface area contributed by atoms with E-state index in [-0.39, 0.29) is 17.8 Å². The van der Waals surface area contributed by atoms with Crippen LogP contribution in [0.2, 0.25) is 0 Å². The maximum Gasteiger partial charge on any atom is 0.291 e. The van der Waals surface area contributed by atoms with Crippen molar-refractivity contribution in [1.82, 2.24) is 14.8 Å². The molecule has 0 bridgehead atoms. The van der Waals surface area contributed by atoms with Crippen LogP contribution in [0.25, 0.3) is 22.4 Å². The number of aromatic nitrogens is 3. The first-order valence-electron chi connectivity index (χ1n) is 11.1. The van der Waals surface area contributed by atoms with E-state index in [1.54, 1.807) is 0 Å². The van der Waals surface area contributed by atoms with Crippen LogP contribution in [0.3, 0.4) is 0 Å². The van der Waals surface area contributed by atoms with E-state index in [4.69, 9.17) is 9.15 Å². The quantitative estimate of drug-likeness (QED) is 0.454. The number of carbonyl (C=O) groups is 1. The van der Waals surface area contributed by atoms with Gasteiger partial charge >= 0.3 is 0 Å². The molecule has 5 rings (SSSR count). The van der Waals surface area contributed by atoms with Crippen LogP contribution in [0.1, 0.15) is 48.6 Å². The van der Waals surface area contributed by atoms with Gasteiger partial charge in [-0.05, 0) is 57.0 Å². The maximum absolute atomic E-state index is 13.1. The van der Waals surface area contributed by atoms with Gasteiger partial charge in [-0.15, -0.1) is 10.2 Å². The van der Waals surface area contributed by atoms with Crippen molar-refractivity contribution in [3.05, 3.63) is 65.7 Å². The number of amides is 1. The van der Waals surface area contributed by atoms with Gasteiger partial charge in [0.15, 0.2) is 11.6 Å². The predicted molar refractivity (Wildman–Crippen MR) is 122 cm³/mol. The number of aryl methyl sites for hydroxylation is 1. The number of rotatable bonds is 6. The minimum atomic E-state index is -0.295. The maximum atomic E-state index is 13.1. The van der Waals surface area contributed by atoms with Crippen LogP contribution in [0.15, 0.2) is 52.9 Å². The highest BCUT2D eigenvalue weighted by atomic mass is 16.5. The fourth-order valence-electron chi connectivity index (χ4n) is 4.09. The molecule has 0 fully saturated rings. The molecule has 7 nitrogen and oxygen atoms in total. The Hall–Kier alpha value is -3.45. The zero-order chi connectivity index (χ0) is 22.1. The molecule has 4 aromatic rings. The average Bonchev–Trinajstić information content (AvgIpc) is 3.40. The molecule has 0 aliphatic carbocycles. The number of anilines is 1. The Morgan fingerprint density at radius 3 is 2.75 bits per heavy atom. The number of carbonyl (C=O) groups excluding carboxylic acids is 1. The highest BCUT2D eigenvalue weighted by Gasteiger charge is 2.22. The van der Waals surface area contributed by atoms with Crippen LogP contribution in [0, 0.1) is 0 Å². The van der Waals surface area contributed by atoms with Gasteiger partial charge in [0.25, 0.3) is 5.91 Å². The molecular formula is C25H26N4O3. The van der Waals surface area contributed by atoms with Crippen molar-refractivity contribution in [2.45, 2.75) is 52.4 Å². The van der Waals surface area contributed by atoms with E-state index in [0.717, 1.165) is 54.0 Å². The zero-order valence-electron chi connectivity index (χ0n) is 18.3. The van der Waals surface area contributed by atoms with Crippen LogP contribution >= 0.6 is 0 Å². The first kappa shape index (κ1) is 20.5. The van der Waals surface area contributed by atoms with Crippen molar-refractivity contribution < 1.29 is 13.9 Å². The minimum absolute atomic E-state index is 0.0509. The largest absolute Gasteiger partial charge is 0.451 e. The van der Waals surface area contributed by atoms with Crippen molar-refractivity contribution in [3.8, 4) is 11.4 Å². The Morgan fingerprint density at radius 1 is 1.12 bits per heavy atom. The van der Waals surface area contributed by atoms with E-state index in [1.807, 2.05) is 62.4 Å². The van der Waals surface area contributed by atoms with E-state index in [9.17, 15) is 4.79 Å². The Labute approximate surface area is 186 Å². The number of fused-ring (bicyclic) bond motifs is 2. The number of ether oxygens (including phenoxy) is 1. The van der Waals surface area contributed by atoms with Crippen LogP contribution < -0.4 is 5.32 Å². The molecule has 1 amide bonds. The molecular weight excluding hydrogens is 404 g/mol. The second-order valence-corrected chi connectivity index (χ2v) is 8.35. The number of para-hydroxylation sites is 1. The number of nitrogens with zero attached hydrogens (tertiary/aromatic N) is 3. The number of benzene rings is 2. The van der Waals surface area contributed by atoms with Crippen LogP contribution in [-0.4, -0.2) is 26.8 Å². The molecule has 7 heteroatoms. The van der Waals surface area contributed by atoms with Crippen molar-refractivity contribution in [2.75, 3.05) is 5.32 Å². The van der Waals surface area contributed by atoms with Crippen LogP contribution in [0.5, 0.6) is 0 Å². The first-order valence-corrected chi connectivity index (χ1v) is 11.1.